The molecule has 3 rings (SSSR count). The van der Waals surface area contributed by atoms with Gasteiger partial charge in [-0.1, -0.05) is 46.8 Å². The van der Waals surface area contributed by atoms with E-state index in [0.717, 1.165) is 5.56 Å². The second-order valence-corrected chi connectivity index (χ2v) is 8.13. The van der Waals surface area contributed by atoms with Crippen LogP contribution in [-0.2, 0) is 10.5 Å². The summed E-state index contributed by atoms with van der Waals surface area (Å²) in [5.41, 5.74) is 0.979. The molecule has 0 aliphatic rings. The first-order valence-electron chi connectivity index (χ1n) is 7.93. The van der Waals surface area contributed by atoms with Crippen LogP contribution in [0.2, 0.25) is 5.02 Å². The summed E-state index contributed by atoms with van der Waals surface area (Å²) in [5.74, 6) is 0.601. The molecule has 1 atom stereocenters. The van der Waals surface area contributed by atoms with Crippen molar-refractivity contribution in [3.8, 4) is 5.75 Å². The number of nitrogens with zero attached hydrogens (tertiary/aromatic N) is 2. The number of nitrogens with one attached hydrogen (secondary N) is 1. The number of carbonyl (C=O) groups excluding carboxylic acids is 1. The van der Waals surface area contributed by atoms with Gasteiger partial charge in [0.15, 0.2) is 10.4 Å². The van der Waals surface area contributed by atoms with E-state index < -0.39 is 6.10 Å². The van der Waals surface area contributed by atoms with Gasteiger partial charge < -0.3 is 4.74 Å². The number of halogens is 2. The third kappa shape index (κ3) is 5.92. The Hall–Kier alpha value is -2.16. The molecule has 0 fully saturated rings. The van der Waals surface area contributed by atoms with Crippen LogP contribution in [0, 0.1) is 5.82 Å². The highest BCUT2D eigenvalue weighted by molar-refractivity contribution is 8.00. The van der Waals surface area contributed by atoms with Crippen LogP contribution in [0.1, 0.15) is 12.5 Å². The van der Waals surface area contributed by atoms with Crippen LogP contribution in [-0.4, -0.2) is 22.2 Å². The van der Waals surface area contributed by atoms with Gasteiger partial charge in [0.1, 0.15) is 11.6 Å². The molecular formula is C18H15ClFN3O2S2. The summed E-state index contributed by atoms with van der Waals surface area (Å²) < 4.78 is 19.2. The molecule has 0 bridgehead atoms. The van der Waals surface area contributed by atoms with E-state index in [1.807, 2.05) is 0 Å². The first kappa shape index (κ1) is 19.6. The lowest BCUT2D eigenvalue weighted by Crippen LogP contribution is -2.30. The lowest BCUT2D eigenvalue weighted by Gasteiger charge is -2.13. The van der Waals surface area contributed by atoms with E-state index in [1.165, 1.54) is 35.2 Å². The molecule has 1 amide bonds. The van der Waals surface area contributed by atoms with Gasteiger partial charge in [0.05, 0.1) is 0 Å². The van der Waals surface area contributed by atoms with Gasteiger partial charge in [-0.25, -0.2) is 4.39 Å². The molecule has 1 N–H and O–H groups in total. The number of hydrogen-bond acceptors (Lipinski definition) is 6. The molecule has 0 radical (unpaired) electrons. The zero-order valence-corrected chi connectivity index (χ0v) is 16.6. The van der Waals surface area contributed by atoms with Crippen molar-refractivity contribution in [2.45, 2.75) is 23.1 Å². The van der Waals surface area contributed by atoms with Crippen molar-refractivity contribution < 1.29 is 13.9 Å². The van der Waals surface area contributed by atoms with Gasteiger partial charge in [-0.05, 0) is 48.9 Å². The number of thioether (sulfide) groups is 1. The van der Waals surface area contributed by atoms with E-state index in [-0.39, 0.29) is 11.7 Å². The molecule has 0 saturated heterocycles. The Morgan fingerprint density at radius 1 is 1.22 bits per heavy atom. The Bertz CT molecular complexity index is 904. The van der Waals surface area contributed by atoms with Gasteiger partial charge in [0, 0.05) is 10.8 Å². The summed E-state index contributed by atoms with van der Waals surface area (Å²) in [6.45, 7) is 1.65. The van der Waals surface area contributed by atoms with Crippen LogP contribution in [0.5, 0.6) is 5.75 Å². The second-order valence-electron chi connectivity index (χ2n) is 5.49. The maximum absolute atomic E-state index is 12.9. The maximum Gasteiger partial charge on any atom is 0.266 e. The highest BCUT2D eigenvalue weighted by atomic mass is 35.5. The third-order valence-corrected chi connectivity index (χ3v) is 5.70. The first-order valence-corrected chi connectivity index (χ1v) is 10.1. The number of hydrogen-bond donors (Lipinski definition) is 1. The molecule has 1 heterocycles. The van der Waals surface area contributed by atoms with Crippen LogP contribution >= 0.6 is 34.7 Å². The van der Waals surface area contributed by atoms with Crippen molar-refractivity contribution in [1.29, 1.82) is 0 Å². The van der Waals surface area contributed by atoms with Crippen molar-refractivity contribution in [3.63, 3.8) is 0 Å². The Balaban J connectivity index is 1.50. The summed E-state index contributed by atoms with van der Waals surface area (Å²) in [4.78, 5) is 12.2. The maximum atomic E-state index is 12.9. The SMILES string of the molecule is CC(Oc1ccc(Cl)cc1)C(=O)Nc1nnc(SCc2ccc(F)cc2)s1. The minimum Gasteiger partial charge on any atom is -0.481 e. The fourth-order valence-electron chi connectivity index (χ4n) is 2.02. The number of anilines is 1. The summed E-state index contributed by atoms with van der Waals surface area (Å²) in [6.07, 6.45) is -0.703. The average molecular weight is 424 g/mol. The Labute approximate surface area is 168 Å². The lowest BCUT2D eigenvalue weighted by atomic mass is 10.2. The number of benzene rings is 2. The number of rotatable bonds is 7. The molecule has 3 aromatic rings. The van der Waals surface area contributed by atoms with Crippen molar-refractivity contribution >= 4 is 45.7 Å². The molecule has 1 aromatic heterocycles. The van der Waals surface area contributed by atoms with Gasteiger partial charge in [0.25, 0.3) is 5.91 Å². The summed E-state index contributed by atoms with van der Waals surface area (Å²) in [7, 11) is 0. The van der Waals surface area contributed by atoms with Gasteiger partial charge >= 0.3 is 0 Å². The van der Waals surface area contributed by atoms with Crippen molar-refractivity contribution in [3.05, 3.63) is 64.9 Å². The average Bonchev–Trinajstić information content (AvgIpc) is 3.10. The van der Waals surface area contributed by atoms with Gasteiger partial charge in [-0.3, -0.25) is 10.1 Å². The number of ether oxygens (including phenoxy) is 1. The minimum absolute atomic E-state index is 0.264. The highest BCUT2D eigenvalue weighted by Crippen LogP contribution is 2.28. The van der Waals surface area contributed by atoms with Crippen molar-refractivity contribution in [1.82, 2.24) is 10.2 Å². The van der Waals surface area contributed by atoms with Crippen molar-refractivity contribution in [2.24, 2.45) is 0 Å². The number of amides is 1. The quantitative estimate of drug-likeness (QED) is 0.426. The summed E-state index contributed by atoms with van der Waals surface area (Å²) in [6, 6.07) is 13.1. The monoisotopic (exact) mass is 423 g/mol. The molecule has 2 aromatic carbocycles. The third-order valence-electron chi connectivity index (χ3n) is 3.41. The predicted octanol–water partition coefficient (Wildman–Crippen LogP) is 5.03. The molecule has 0 aliphatic carbocycles. The van der Waals surface area contributed by atoms with E-state index in [9.17, 15) is 9.18 Å². The smallest absolute Gasteiger partial charge is 0.266 e. The molecule has 1 unspecified atom stereocenters. The molecule has 140 valence electrons. The van der Waals surface area contributed by atoms with Gasteiger partial charge in [0.2, 0.25) is 5.13 Å². The van der Waals surface area contributed by atoms with Crippen LogP contribution in [0.4, 0.5) is 9.52 Å². The predicted molar refractivity (Wildman–Crippen MR) is 106 cm³/mol. The molecule has 0 saturated carbocycles. The zero-order chi connectivity index (χ0) is 19.2. The standard InChI is InChI=1S/C18H15ClFN3O2S2/c1-11(25-15-8-4-13(19)5-9-15)16(24)21-17-22-23-18(27-17)26-10-12-2-6-14(20)7-3-12/h2-9,11H,10H2,1H3,(H,21,22,24). The number of carbonyl (C=O) groups is 1. The van der Waals surface area contributed by atoms with E-state index in [1.54, 1.807) is 43.3 Å². The minimum atomic E-state index is -0.703. The Kier molecular flexibility index (Phi) is 6.65. The summed E-state index contributed by atoms with van der Waals surface area (Å²) in [5, 5.41) is 11.7. The van der Waals surface area contributed by atoms with Crippen LogP contribution < -0.4 is 10.1 Å². The summed E-state index contributed by atoms with van der Waals surface area (Å²) >= 11 is 8.56. The molecule has 5 nitrogen and oxygen atoms in total. The normalized spacial score (nSPS) is 11.8. The Morgan fingerprint density at radius 3 is 2.63 bits per heavy atom. The molecule has 9 heteroatoms. The van der Waals surface area contributed by atoms with E-state index in [0.29, 0.717) is 26.0 Å². The second kappa shape index (κ2) is 9.16. The van der Waals surface area contributed by atoms with Crippen LogP contribution in [0.3, 0.4) is 0 Å². The van der Waals surface area contributed by atoms with E-state index >= 15 is 0 Å². The first-order chi connectivity index (χ1) is 13.0. The zero-order valence-electron chi connectivity index (χ0n) is 14.2. The fraction of sp³-hybridized carbons (Fsp3) is 0.167. The molecule has 0 spiro atoms. The topological polar surface area (TPSA) is 64.1 Å². The molecule has 0 aliphatic heterocycles. The van der Waals surface area contributed by atoms with Crippen LogP contribution in [0.25, 0.3) is 0 Å². The highest BCUT2D eigenvalue weighted by Gasteiger charge is 2.17. The largest absolute Gasteiger partial charge is 0.481 e. The van der Waals surface area contributed by atoms with Gasteiger partial charge in [-0.2, -0.15) is 0 Å². The van der Waals surface area contributed by atoms with Gasteiger partial charge in [-0.15, -0.1) is 10.2 Å². The van der Waals surface area contributed by atoms with Crippen LogP contribution in [0.15, 0.2) is 52.9 Å². The Morgan fingerprint density at radius 2 is 1.93 bits per heavy atom. The molecule has 27 heavy (non-hydrogen) atoms. The molecular weight excluding hydrogens is 409 g/mol. The van der Waals surface area contributed by atoms with Crippen molar-refractivity contribution in [2.75, 3.05) is 5.32 Å². The number of aromatic nitrogens is 2. The fourth-order valence-corrected chi connectivity index (χ4v) is 3.86. The lowest BCUT2D eigenvalue weighted by molar-refractivity contribution is -0.122. The van der Waals surface area contributed by atoms with E-state index in [2.05, 4.69) is 15.5 Å². The van der Waals surface area contributed by atoms with E-state index in [4.69, 9.17) is 16.3 Å².